The third-order valence-electron chi connectivity index (χ3n) is 3.72. The van der Waals surface area contributed by atoms with Gasteiger partial charge < -0.3 is 4.98 Å². The number of aromatic nitrogens is 4. The minimum absolute atomic E-state index is 0.102. The molecule has 1 aliphatic carbocycles. The Balaban J connectivity index is 1.79. The van der Waals surface area contributed by atoms with Gasteiger partial charge in [0.05, 0.1) is 12.4 Å². The van der Waals surface area contributed by atoms with Gasteiger partial charge in [0, 0.05) is 6.54 Å². The number of anilines is 1. The van der Waals surface area contributed by atoms with Crippen LogP contribution in [0.25, 0.3) is 0 Å². The lowest BCUT2D eigenvalue weighted by atomic mass is 9.85. The minimum atomic E-state index is -4.62. The van der Waals surface area contributed by atoms with Crippen LogP contribution in [0.5, 0.6) is 0 Å². The number of sulfonamides is 1. The number of nitrogens with one attached hydrogen (secondary N) is 2. The Morgan fingerprint density at radius 2 is 2.13 bits per heavy atom. The first-order valence-corrected chi connectivity index (χ1v) is 8.41. The van der Waals surface area contributed by atoms with Crippen LogP contribution in [0.15, 0.2) is 23.5 Å². The number of halogens is 3. The summed E-state index contributed by atoms with van der Waals surface area (Å²) in [5.41, 5.74) is -1.13. The van der Waals surface area contributed by atoms with Gasteiger partial charge in [-0.15, -0.1) is 0 Å². The highest BCUT2D eigenvalue weighted by molar-refractivity contribution is 7.92. The van der Waals surface area contributed by atoms with Gasteiger partial charge in [-0.3, -0.25) is 4.68 Å². The van der Waals surface area contributed by atoms with E-state index in [0.717, 1.165) is 19.3 Å². The van der Waals surface area contributed by atoms with E-state index in [9.17, 15) is 21.6 Å². The first kappa shape index (κ1) is 15.8. The summed E-state index contributed by atoms with van der Waals surface area (Å²) in [6.07, 6.45) is 0.390. The van der Waals surface area contributed by atoms with E-state index in [-0.39, 0.29) is 5.03 Å². The quantitative estimate of drug-likeness (QED) is 0.866. The van der Waals surface area contributed by atoms with Gasteiger partial charge in [-0.25, -0.2) is 9.71 Å². The lowest BCUT2D eigenvalue weighted by Crippen LogP contribution is -2.24. The van der Waals surface area contributed by atoms with Crippen molar-refractivity contribution in [2.75, 3.05) is 4.72 Å². The van der Waals surface area contributed by atoms with E-state index < -0.39 is 27.8 Å². The summed E-state index contributed by atoms with van der Waals surface area (Å²) in [5, 5.41) is 3.87. The van der Waals surface area contributed by atoms with Gasteiger partial charge >= 0.3 is 6.18 Å². The van der Waals surface area contributed by atoms with E-state index in [1.54, 1.807) is 0 Å². The molecule has 2 N–H and O–H groups in total. The predicted molar refractivity (Wildman–Crippen MR) is 74.0 cm³/mol. The highest BCUT2D eigenvalue weighted by Crippen LogP contribution is 2.30. The number of hydrogen-bond donors (Lipinski definition) is 2. The number of aromatic amines is 1. The number of hydrogen-bond acceptors (Lipinski definition) is 4. The highest BCUT2D eigenvalue weighted by atomic mass is 32.2. The molecule has 0 atom stereocenters. The fourth-order valence-electron chi connectivity index (χ4n) is 2.30. The minimum Gasteiger partial charge on any atom is -0.320 e. The molecule has 0 bridgehead atoms. The van der Waals surface area contributed by atoms with Crippen LogP contribution in [0.3, 0.4) is 0 Å². The summed E-state index contributed by atoms with van der Waals surface area (Å²) in [7, 11) is -4.07. The smallest absolute Gasteiger partial charge is 0.320 e. The molecule has 0 amide bonds. The summed E-state index contributed by atoms with van der Waals surface area (Å²) < 4.78 is 65.5. The Bertz CT molecular complexity index is 792. The first-order valence-electron chi connectivity index (χ1n) is 6.92. The maximum absolute atomic E-state index is 12.5. The van der Waals surface area contributed by atoms with E-state index >= 15 is 0 Å². The molecule has 1 fully saturated rings. The van der Waals surface area contributed by atoms with Crippen molar-refractivity contribution in [1.82, 2.24) is 19.7 Å². The SMILES string of the molecule is O=S(=O)(Nc1ncc(C(F)(F)F)[nH]1)c1ccnn1CC1CCC1. The van der Waals surface area contributed by atoms with Crippen LogP contribution in [0, 0.1) is 5.92 Å². The van der Waals surface area contributed by atoms with Crippen LogP contribution in [0.4, 0.5) is 19.1 Å². The Morgan fingerprint density at radius 3 is 2.70 bits per heavy atom. The topological polar surface area (TPSA) is 92.7 Å². The van der Waals surface area contributed by atoms with Gasteiger partial charge in [-0.2, -0.15) is 26.7 Å². The van der Waals surface area contributed by atoms with Crippen molar-refractivity contribution >= 4 is 16.0 Å². The van der Waals surface area contributed by atoms with Gasteiger partial charge in [0.1, 0.15) is 5.69 Å². The Hall–Kier alpha value is -2.04. The number of H-pyrrole nitrogens is 1. The number of alkyl halides is 3. The molecule has 2 aromatic heterocycles. The monoisotopic (exact) mass is 349 g/mol. The van der Waals surface area contributed by atoms with Gasteiger partial charge in [-0.05, 0) is 24.8 Å². The molecule has 0 radical (unpaired) electrons. The molecule has 1 aliphatic rings. The molecule has 0 aliphatic heterocycles. The molecule has 0 unspecified atom stereocenters. The lowest BCUT2D eigenvalue weighted by molar-refractivity contribution is -0.140. The molecule has 0 spiro atoms. The van der Waals surface area contributed by atoms with E-state index in [1.807, 2.05) is 9.71 Å². The molecule has 3 rings (SSSR count). The molecule has 126 valence electrons. The summed E-state index contributed by atoms with van der Waals surface area (Å²) in [6, 6.07) is 1.30. The van der Waals surface area contributed by atoms with E-state index in [1.165, 1.54) is 16.9 Å². The predicted octanol–water partition coefficient (Wildman–Crippen LogP) is 2.23. The zero-order valence-corrected chi connectivity index (χ0v) is 12.7. The van der Waals surface area contributed by atoms with E-state index in [4.69, 9.17) is 0 Å². The maximum atomic E-state index is 12.5. The third kappa shape index (κ3) is 3.33. The Labute approximate surface area is 130 Å². The van der Waals surface area contributed by atoms with Crippen molar-refractivity contribution in [1.29, 1.82) is 0 Å². The van der Waals surface area contributed by atoms with Crippen molar-refractivity contribution < 1.29 is 21.6 Å². The van der Waals surface area contributed by atoms with Crippen molar-refractivity contribution in [2.24, 2.45) is 5.92 Å². The summed E-state index contributed by atoms with van der Waals surface area (Å²) in [4.78, 5) is 5.30. The highest BCUT2D eigenvalue weighted by Gasteiger charge is 2.33. The molecule has 2 heterocycles. The normalized spacial score (nSPS) is 16.3. The van der Waals surface area contributed by atoms with Crippen LogP contribution in [-0.4, -0.2) is 28.2 Å². The van der Waals surface area contributed by atoms with Crippen LogP contribution in [0.1, 0.15) is 25.0 Å². The largest absolute Gasteiger partial charge is 0.432 e. The van der Waals surface area contributed by atoms with Gasteiger partial charge in [0.2, 0.25) is 5.95 Å². The average molecular weight is 349 g/mol. The molecule has 0 aromatic carbocycles. The molecule has 2 aromatic rings. The van der Waals surface area contributed by atoms with Crippen LogP contribution < -0.4 is 4.72 Å². The maximum Gasteiger partial charge on any atom is 0.432 e. The molecular formula is C12H14F3N5O2S. The zero-order chi connectivity index (χ0) is 16.7. The number of imidazole rings is 1. The zero-order valence-electron chi connectivity index (χ0n) is 11.8. The van der Waals surface area contributed by atoms with Crippen LogP contribution in [0.2, 0.25) is 0 Å². The molecule has 7 nitrogen and oxygen atoms in total. The van der Waals surface area contributed by atoms with E-state index in [0.29, 0.717) is 18.7 Å². The second-order valence-electron chi connectivity index (χ2n) is 5.40. The standard InChI is InChI=1S/C12H14F3N5O2S/c13-12(14,15)9-6-16-11(18-9)19-23(21,22)10-4-5-17-20(10)7-8-2-1-3-8/h4-6,8H,1-3,7H2,(H2,16,18,19). The van der Waals surface area contributed by atoms with Gasteiger partial charge in [-0.1, -0.05) is 6.42 Å². The van der Waals surface area contributed by atoms with Gasteiger partial charge in [0.25, 0.3) is 10.0 Å². The molecule has 0 saturated heterocycles. The molecule has 1 saturated carbocycles. The van der Waals surface area contributed by atoms with Crippen molar-refractivity contribution in [2.45, 2.75) is 37.0 Å². The molecule has 23 heavy (non-hydrogen) atoms. The average Bonchev–Trinajstić information content (AvgIpc) is 3.01. The molecule has 11 heteroatoms. The lowest BCUT2D eigenvalue weighted by Gasteiger charge is -2.25. The fraction of sp³-hybridized carbons (Fsp3) is 0.500. The van der Waals surface area contributed by atoms with Gasteiger partial charge in [0.15, 0.2) is 5.03 Å². The second kappa shape index (κ2) is 5.55. The first-order chi connectivity index (χ1) is 10.8. The Morgan fingerprint density at radius 1 is 1.39 bits per heavy atom. The van der Waals surface area contributed by atoms with E-state index in [2.05, 4.69) is 10.1 Å². The van der Waals surface area contributed by atoms with Crippen LogP contribution in [-0.2, 0) is 22.7 Å². The number of rotatable bonds is 5. The van der Waals surface area contributed by atoms with Crippen LogP contribution >= 0.6 is 0 Å². The summed E-state index contributed by atoms with van der Waals surface area (Å²) >= 11 is 0. The number of nitrogens with zero attached hydrogens (tertiary/aromatic N) is 3. The second-order valence-corrected chi connectivity index (χ2v) is 7.03. The Kier molecular flexibility index (Phi) is 3.82. The summed E-state index contributed by atoms with van der Waals surface area (Å²) in [5.74, 6) is -0.113. The van der Waals surface area contributed by atoms with Crippen molar-refractivity contribution in [3.8, 4) is 0 Å². The molecular weight excluding hydrogens is 335 g/mol. The fourth-order valence-corrected chi connectivity index (χ4v) is 3.40. The van der Waals surface area contributed by atoms with Crippen molar-refractivity contribution in [3.63, 3.8) is 0 Å². The van der Waals surface area contributed by atoms with Crippen molar-refractivity contribution in [3.05, 3.63) is 24.2 Å². The summed E-state index contributed by atoms with van der Waals surface area (Å²) in [6.45, 7) is 0.467. The third-order valence-corrected chi connectivity index (χ3v) is 5.08.